The van der Waals surface area contributed by atoms with Crippen molar-refractivity contribution in [2.75, 3.05) is 11.9 Å². The average molecular weight is 353 g/mol. The number of furan rings is 1. The Morgan fingerprint density at radius 1 is 1.23 bits per heavy atom. The van der Waals surface area contributed by atoms with Gasteiger partial charge in [-0.15, -0.1) is 0 Å². The van der Waals surface area contributed by atoms with Gasteiger partial charge in [-0.25, -0.2) is 9.79 Å². The van der Waals surface area contributed by atoms with Crippen molar-refractivity contribution in [1.82, 2.24) is 5.32 Å². The van der Waals surface area contributed by atoms with Crippen molar-refractivity contribution in [3.8, 4) is 0 Å². The molecule has 1 aromatic carbocycles. The molecule has 0 bridgehead atoms. The molecule has 0 fully saturated rings. The fraction of sp³-hybridized carbons (Fsp3) is 0.211. The van der Waals surface area contributed by atoms with Gasteiger partial charge in [0.05, 0.1) is 29.8 Å². The van der Waals surface area contributed by atoms with Crippen LogP contribution in [-0.4, -0.2) is 24.3 Å². The number of amides is 1. The number of nitrogens with zero attached hydrogens (tertiary/aromatic N) is 1. The fourth-order valence-electron chi connectivity index (χ4n) is 2.63. The monoisotopic (exact) mass is 353 g/mol. The third-order valence-electron chi connectivity index (χ3n) is 3.89. The van der Waals surface area contributed by atoms with E-state index in [9.17, 15) is 9.59 Å². The SMILES string of the molecule is CCOC(=O)C1=C(C)Nc2ccccc2N=C1NC(=O)c1ccoc1C. The molecule has 0 saturated heterocycles. The Labute approximate surface area is 150 Å². The number of rotatable bonds is 3. The number of aliphatic imine (C=N–C) groups is 1. The number of allylic oxidation sites excluding steroid dienone is 1. The summed E-state index contributed by atoms with van der Waals surface area (Å²) >= 11 is 0. The lowest BCUT2D eigenvalue weighted by Gasteiger charge is -2.13. The van der Waals surface area contributed by atoms with Gasteiger partial charge in [-0.3, -0.25) is 4.79 Å². The molecule has 26 heavy (non-hydrogen) atoms. The Kier molecular flexibility index (Phi) is 4.88. The number of hydrogen-bond acceptors (Lipinski definition) is 6. The van der Waals surface area contributed by atoms with Crippen LogP contribution in [0.4, 0.5) is 11.4 Å². The zero-order valence-electron chi connectivity index (χ0n) is 14.8. The van der Waals surface area contributed by atoms with Crippen molar-refractivity contribution < 1.29 is 18.7 Å². The Balaban J connectivity index is 2.05. The van der Waals surface area contributed by atoms with E-state index in [4.69, 9.17) is 9.15 Å². The highest BCUT2D eigenvalue weighted by Gasteiger charge is 2.26. The number of para-hydroxylation sites is 2. The number of carbonyl (C=O) groups excluding carboxylic acids is 2. The molecule has 1 aliphatic heterocycles. The van der Waals surface area contributed by atoms with Gasteiger partial charge in [-0.1, -0.05) is 12.1 Å². The Hall–Kier alpha value is -3.35. The predicted octanol–water partition coefficient (Wildman–Crippen LogP) is 3.31. The highest BCUT2D eigenvalue weighted by molar-refractivity contribution is 6.25. The molecule has 2 N–H and O–H groups in total. The molecular formula is C19H19N3O4. The van der Waals surface area contributed by atoms with Crippen LogP contribution >= 0.6 is 0 Å². The summed E-state index contributed by atoms with van der Waals surface area (Å²) in [6.45, 7) is 5.36. The van der Waals surface area contributed by atoms with E-state index in [0.717, 1.165) is 5.69 Å². The molecule has 2 aromatic rings. The lowest BCUT2D eigenvalue weighted by molar-refractivity contribution is -0.137. The van der Waals surface area contributed by atoms with Gasteiger partial charge in [-0.05, 0) is 39.0 Å². The molecule has 1 aromatic heterocycles. The molecule has 0 atom stereocenters. The van der Waals surface area contributed by atoms with Gasteiger partial charge in [0.1, 0.15) is 17.2 Å². The fourth-order valence-corrected chi connectivity index (χ4v) is 2.63. The number of anilines is 1. The summed E-state index contributed by atoms with van der Waals surface area (Å²) in [4.78, 5) is 29.6. The van der Waals surface area contributed by atoms with Gasteiger partial charge >= 0.3 is 5.97 Å². The summed E-state index contributed by atoms with van der Waals surface area (Å²) in [5.74, 6) is -0.366. The van der Waals surface area contributed by atoms with Crippen molar-refractivity contribution in [1.29, 1.82) is 0 Å². The van der Waals surface area contributed by atoms with Gasteiger partial charge in [-0.2, -0.15) is 0 Å². The number of benzene rings is 1. The van der Waals surface area contributed by atoms with Crippen molar-refractivity contribution in [3.05, 3.63) is 59.2 Å². The zero-order chi connectivity index (χ0) is 18.7. The molecule has 7 heteroatoms. The Morgan fingerprint density at radius 3 is 2.69 bits per heavy atom. The van der Waals surface area contributed by atoms with Crippen molar-refractivity contribution in [2.45, 2.75) is 20.8 Å². The Morgan fingerprint density at radius 2 is 2.00 bits per heavy atom. The minimum absolute atomic E-state index is 0.129. The number of fused-ring (bicyclic) bond motifs is 1. The number of ether oxygens (including phenoxy) is 1. The second-order valence-electron chi connectivity index (χ2n) is 5.67. The lowest BCUT2D eigenvalue weighted by Crippen LogP contribution is -2.35. The van der Waals surface area contributed by atoms with Crippen LogP contribution in [0.2, 0.25) is 0 Å². The summed E-state index contributed by atoms with van der Waals surface area (Å²) in [5.41, 5.74) is 2.42. The first kappa shape index (κ1) is 17.5. The number of nitrogens with one attached hydrogen (secondary N) is 2. The number of aryl methyl sites for hydroxylation is 1. The molecule has 0 unspecified atom stereocenters. The van der Waals surface area contributed by atoms with Crippen LogP contribution in [0.3, 0.4) is 0 Å². The summed E-state index contributed by atoms with van der Waals surface area (Å²) in [7, 11) is 0. The van der Waals surface area contributed by atoms with Crippen molar-refractivity contribution >= 4 is 29.1 Å². The maximum atomic E-state index is 12.6. The molecule has 0 radical (unpaired) electrons. The van der Waals surface area contributed by atoms with Crippen LogP contribution in [0.5, 0.6) is 0 Å². The highest BCUT2D eigenvalue weighted by Crippen LogP contribution is 2.30. The normalized spacial score (nSPS) is 13.3. The van der Waals surface area contributed by atoms with Gasteiger partial charge in [0.2, 0.25) is 0 Å². The van der Waals surface area contributed by atoms with Crippen molar-refractivity contribution in [3.63, 3.8) is 0 Å². The van der Waals surface area contributed by atoms with E-state index in [1.165, 1.54) is 6.26 Å². The summed E-state index contributed by atoms with van der Waals surface area (Å²) in [6, 6.07) is 8.88. The van der Waals surface area contributed by atoms with E-state index in [-0.39, 0.29) is 18.0 Å². The van der Waals surface area contributed by atoms with E-state index in [1.807, 2.05) is 18.2 Å². The quantitative estimate of drug-likeness (QED) is 0.826. The molecule has 2 heterocycles. The molecule has 134 valence electrons. The third kappa shape index (κ3) is 3.37. The molecule has 0 saturated carbocycles. The first-order chi connectivity index (χ1) is 12.5. The second-order valence-corrected chi connectivity index (χ2v) is 5.67. The van der Waals surface area contributed by atoms with Crippen LogP contribution in [0, 0.1) is 6.92 Å². The highest BCUT2D eigenvalue weighted by atomic mass is 16.5. The van der Waals surface area contributed by atoms with E-state index < -0.39 is 11.9 Å². The Bertz CT molecular complexity index is 924. The smallest absolute Gasteiger partial charge is 0.343 e. The van der Waals surface area contributed by atoms with E-state index in [0.29, 0.717) is 22.7 Å². The van der Waals surface area contributed by atoms with E-state index in [1.54, 1.807) is 32.9 Å². The predicted molar refractivity (Wildman–Crippen MR) is 97.4 cm³/mol. The molecule has 0 aliphatic carbocycles. The summed E-state index contributed by atoms with van der Waals surface area (Å²) in [5, 5.41) is 5.87. The topological polar surface area (TPSA) is 92.9 Å². The first-order valence-corrected chi connectivity index (χ1v) is 8.19. The summed E-state index contributed by atoms with van der Waals surface area (Å²) < 4.78 is 10.3. The molecule has 3 rings (SSSR count). The molecular weight excluding hydrogens is 334 g/mol. The zero-order valence-corrected chi connectivity index (χ0v) is 14.8. The largest absolute Gasteiger partial charge is 0.469 e. The maximum absolute atomic E-state index is 12.6. The number of hydrogen-bond donors (Lipinski definition) is 2. The summed E-state index contributed by atoms with van der Waals surface area (Å²) in [6.07, 6.45) is 1.43. The standard InChI is InChI=1S/C19H19N3O4/c1-4-25-19(24)16-11(2)20-14-7-5-6-8-15(14)21-17(16)22-18(23)13-9-10-26-12(13)3/h5-10,20H,4H2,1-3H3,(H,21,22,23). The van der Waals surface area contributed by atoms with Gasteiger partial charge in [0, 0.05) is 5.70 Å². The van der Waals surface area contributed by atoms with Crippen LogP contribution in [0.1, 0.15) is 30.0 Å². The maximum Gasteiger partial charge on any atom is 0.343 e. The van der Waals surface area contributed by atoms with E-state index >= 15 is 0 Å². The van der Waals surface area contributed by atoms with Crippen LogP contribution < -0.4 is 10.6 Å². The van der Waals surface area contributed by atoms with Crippen LogP contribution in [0.15, 0.2) is 57.3 Å². The number of amidine groups is 1. The average Bonchev–Trinajstić information content (AvgIpc) is 2.97. The van der Waals surface area contributed by atoms with E-state index in [2.05, 4.69) is 15.6 Å². The third-order valence-corrected chi connectivity index (χ3v) is 3.89. The molecule has 1 aliphatic rings. The molecule has 7 nitrogen and oxygen atoms in total. The second kappa shape index (κ2) is 7.26. The minimum Gasteiger partial charge on any atom is -0.469 e. The van der Waals surface area contributed by atoms with Crippen molar-refractivity contribution in [2.24, 2.45) is 4.99 Å². The van der Waals surface area contributed by atoms with Crippen LogP contribution in [0.25, 0.3) is 0 Å². The lowest BCUT2D eigenvalue weighted by atomic mass is 10.1. The number of carbonyl (C=O) groups is 2. The van der Waals surface area contributed by atoms with Gasteiger partial charge in [0.25, 0.3) is 5.91 Å². The molecule has 1 amide bonds. The van der Waals surface area contributed by atoms with Crippen LogP contribution in [-0.2, 0) is 9.53 Å². The number of esters is 1. The van der Waals surface area contributed by atoms with Gasteiger partial charge < -0.3 is 19.8 Å². The first-order valence-electron chi connectivity index (χ1n) is 8.19. The minimum atomic E-state index is -0.562. The van der Waals surface area contributed by atoms with Gasteiger partial charge in [0.15, 0.2) is 0 Å². The molecule has 0 spiro atoms.